The maximum atomic E-state index is 3.95. The van der Waals surface area contributed by atoms with E-state index in [4.69, 9.17) is 0 Å². The number of fused-ring (bicyclic) bond motifs is 1. The molecule has 0 saturated heterocycles. The zero-order chi connectivity index (χ0) is 13.2. The largest absolute Gasteiger partial charge is 0.313 e. The van der Waals surface area contributed by atoms with Crippen molar-refractivity contribution in [3.8, 4) is 0 Å². The van der Waals surface area contributed by atoms with Gasteiger partial charge in [-0.1, -0.05) is 38.1 Å². The summed E-state index contributed by atoms with van der Waals surface area (Å²) in [6, 6.07) is 10.1. The number of nitrogens with one attached hydrogen (secondary N) is 2. The van der Waals surface area contributed by atoms with Gasteiger partial charge in [0.25, 0.3) is 0 Å². The van der Waals surface area contributed by atoms with Crippen molar-refractivity contribution in [3.63, 3.8) is 0 Å². The Morgan fingerprint density at radius 1 is 1.11 bits per heavy atom. The molecule has 19 heavy (non-hydrogen) atoms. The molecule has 0 amide bonds. The predicted octanol–water partition coefficient (Wildman–Crippen LogP) is 3.25. The highest BCUT2D eigenvalue weighted by Crippen LogP contribution is 2.34. The molecule has 1 fully saturated rings. The number of hydrogen-bond donors (Lipinski definition) is 2. The molecule has 0 bridgehead atoms. The van der Waals surface area contributed by atoms with Crippen LogP contribution in [0.25, 0.3) is 0 Å². The fraction of sp³-hybridized carbons (Fsp3) is 0.647. The Balaban J connectivity index is 1.77. The average molecular weight is 258 g/mol. The van der Waals surface area contributed by atoms with Gasteiger partial charge in [0.2, 0.25) is 0 Å². The van der Waals surface area contributed by atoms with Gasteiger partial charge >= 0.3 is 0 Å². The SMILES string of the molecule is CC1CCC(NC2CCNCc3ccccc32)C1C. The Labute approximate surface area is 117 Å². The molecule has 1 aromatic carbocycles. The van der Waals surface area contributed by atoms with Crippen molar-refractivity contribution in [3.05, 3.63) is 35.4 Å². The first-order valence-electron chi connectivity index (χ1n) is 7.80. The van der Waals surface area contributed by atoms with Gasteiger partial charge < -0.3 is 10.6 Å². The van der Waals surface area contributed by atoms with Crippen LogP contribution in [0.1, 0.15) is 50.3 Å². The van der Waals surface area contributed by atoms with Crippen LogP contribution in [-0.2, 0) is 6.54 Å². The van der Waals surface area contributed by atoms with Crippen molar-refractivity contribution in [2.24, 2.45) is 11.8 Å². The molecule has 1 aliphatic heterocycles. The van der Waals surface area contributed by atoms with Crippen molar-refractivity contribution in [1.29, 1.82) is 0 Å². The second-order valence-corrected chi connectivity index (χ2v) is 6.40. The summed E-state index contributed by atoms with van der Waals surface area (Å²) in [6.07, 6.45) is 3.93. The molecule has 0 spiro atoms. The van der Waals surface area contributed by atoms with Crippen LogP contribution in [0.15, 0.2) is 24.3 Å². The van der Waals surface area contributed by atoms with E-state index >= 15 is 0 Å². The van der Waals surface area contributed by atoms with Gasteiger partial charge in [0.15, 0.2) is 0 Å². The van der Waals surface area contributed by atoms with Gasteiger partial charge in [0, 0.05) is 18.6 Å². The molecule has 1 heterocycles. The highest BCUT2D eigenvalue weighted by molar-refractivity contribution is 5.31. The van der Waals surface area contributed by atoms with Gasteiger partial charge in [-0.25, -0.2) is 0 Å². The second kappa shape index (κ2) is 5.64. The molecule has 1 aromatic rings. The van der Waals surface area contributed by atoms with E-state index in [1.54, 1.807) is 0 Å². The lowest BCUT2D eigenvalue weighted by atomic mass is 9.94. The third-order valence-electron chi connectivity index (χ3n) is 5.24. The first kappa shape index (κ1) is 13.1. The van der Waals surface area contributed by atoms with Crippen LogP contribution in [0, 0.1) is 11.8 Å². The van der Waals surface area contributed by atoms with Crippen molar-refractivity contribution >= 4 is 0 Å². The lowest BCUT2D eigenvalue weighted by Gasteiger charge is -2.27. The summed E-state index contributed by atoms with van der Waals surface area (Å²) in [5.41, 5.74) is 2.98. The third kappa shape index (κ3) is 2.70. The molecule has 1 saturated carbocycles. The van der Waals surface area contributed by atoms with E-state index in [-0.39, 0.29) is 0 Å². The van der Waals surface area contributed by atoms with Gasteiger partial charge in [-0.2, -0.15) is 0 Å². The van der Waals surface area contributed by atoms with Gasteiger partial charge in [0.05, 0.1) is 0 Å². The van der Waals surface area contributed by atoms with E-state index in [1.807, 2.05) is 0 Å². The molecule has 0 aromatic heterocycles. The van der Waals surface area contributed by atoms with Gasteiger partial charge in [-0.05, 0) is 48.8 Å². The number of hydrogen-bond acceptors (Lipinski definition) is 2. The summed E-state index contributed by atoms with van der Waals surface area (Å²) in [4.78, 5) is 0. The monoisotopic (exact) mass is 258 g/mol. The standard InChI is InChI=1S/C17H26N2/c1-12-7-8-16(13(12)2)19-17-9-10-18-11-14-5-3-4-6-15(14)17/h3-6,12-13,16-19H,7-11H2,1-2H3. The van der Waals surface area contributed by atoms with Crippen LogP contribution < -0.4 is 10.6 Å². The number of benzene rings is 1. The molecular weight excluding hydrogens is 232 g/mol. The average Bonchev–Trinajstić information content (AvgIpc) is 2.65. The van der Waals surface area contributed by atoms with Crippen LogP contribution in [0.4, 0.5) is 0 Å². The lowest BCUT2D eigenvalue weighted by molar-refractivity contribution is 0.332. The van der Waals surface area contributed by atoms with E-state index in [1.165, 1.54) is 30.4 Å². The van der Waals surface area contributed by atoms with Crippen LogP contribution in [0.3, 0.4) is 0 Å². The number of rotatable bonds is 2. The maximum absolute atomic E-state index is 3.95. The van der Waals surface area contributed by atoms with Crippen LogP contribution >= 0.6 is 0 Å². The van der Waals surface area contributed by atoms with Crippen molar-refractivity contribution < 1.29 is 0 Å². The Morgan fingerprint density at radius 3 is 2.74 bits per heavy atom. The van der Waals surface area contributed by atoms with E-state index in [0.717, 1.165) is 24.9 Å². The molecule has 4 atom stereocenters. The summed E-state index contributed by atoms with van der Waals surface area (Å²) >= 11 is 0. The van der Waals surface area contributed by atoms with Crippen LogP contribution in [0.5, 0.6) is 0 Å². The minimum Gasteiger partial charge on any atom is -0.313 e. The van der Waals surface area contributed by atoms with Gasteiger partial charge in [-0.15, -0.1) is 0 Å². The minimum absolute atomic E-state index is 0.531. The molecule has 1 aliphatic carbocycles. The van der Waals surface area contributed by atoms with Gasteiger partial charge in [0.1, 0.15) is 0 Å². The van der Waals surface area contributed by atoms with E-state index in [2.05, 4.69) is 48.7 Å². The molecule has 2 N–H and O–H groups in total. The van der Waals surface area contributed by atoms with Crippen LogP contribution in [-0.4, -0.2) is 12.6 Å². The van der Waals surface area contributed by atoms with Crippen molar-refractivity contribution in [2.45, 2.75) is 51.7 Å². The predicted molar refractivity (Wildman–Crippen MR) is 80.0 cm³/mol. The Bertz CT molecular complexity index is 429. The summed E-state index contributed by atoms with van der Waals surface area (Å²) in [7, 11) is 0. The van der Waals surface area contributed by atoms with E-state index in [0.29, 0.717) is 12.1 Å². The Morgan fingerprint density at radius 2 is 1.95 bits per heavy atom. The normalized spacial score (nSPS) is 34.8. The summed E-state index contributed by atoms with van der Waals surface area (Å²) in [5, 5.41) is 7.49. The van der Waals surface area contributed by atoms with E-state index in [9.17, 15) is 0 Å². The molecular formula is C17H26N2. The van der Waals surface area contributed by atoms with Gasteiger partial charge in [-0.3, -0.25) is 0 Å². The fourth-order valence-electron chi connectivity index (χ4n) is 3.69. The highest BCUT2D eigenvalue weighted by Gasteiger charge is 2.31. The van der Waals surface area contributed by atoms with Crippen LogP contribution in [0.2, 0.25) is 0 Å². The molecule has 4 unspecified atom stereocenters. The topological polar surface area (TPSA) is 24.1 Å². The summed E-state index contributed by atoms with van der Waals surface area (Å²) < 4.78 is 0. The molecule has 2 heteroatoms. The maximum Gasteiger partial charge on any atom is 0.0338 e. The highest BCUT2D eigenvalue weighted by atomic mass is 15.0. The quantitative estimate of drug-likeness (QED) is 0.851. The Kier molecular flexibility index (Phi) is 3.90. The summed E-state index contributed by atoms with van der Waals surface area (Å²) in [6.45, 7) is 6.94. The molecule has 2 nitrogen and oxygen atoms in total. The third-order valence-corrected chi connectivity index (χ3v) is 5.24. The van der Waals surface area contributed by atoms with E-state index < -0.39 is 0 Å². The minimum atomic E-state index is 0.531. The molecule has 3 rings (SSSR count). The molecule has 0 radical (unpaired) electrons. The van der Waals surface area contributed by atoms with Crippen molar-refractivity contribution in [1.82, 2.24) is 10.6 Å². The lowest BCUT2D eigenvalue weighted by Crippen LogP contribution is -2.36. The Hall–Kier alpha value is -0.860. The first-order chi connectivity index (χ1) is 9.25. The zero-order valence-corrected chi connectivity index (χ0v) is 12.2. The second-order valence-electron chi connectivity index (χ2n) is 6.40. The first-order valence-corrected chi connectivity index (χ1v) is 7.80. The fourth-order valence-corrected chi connectivity index (χ4v) is 3.69. The zero-order valence-electron chi connectivity index (χ0n) is 12.2. The van der Waals surface area contributed by atoms with Crippen molar-refractivity contribution in [2.75, 3.05) is 6.54 Å². The smallest absolute Gasteiger partial charge is 0.0338 e. The molecule has 104 valence electrons. The molecule has 2 aliphatic rings. The summed E-state index contributed by atoms with van der Waals surface area (Å²) in [5.74, 6) is 1.68.